The van der Waals surface area contributed by atoms with Crippen molar-refractivity contribution in [3.63, 3.8) is 0 Å². The summed E-state index contributed by atoms with van der Waals surface area (Å²) in [4.78, 5) is 4.05. The zero-order valence-corrected chi connectivity index (χ0v) is 10.4. The summed E-state index contributed by atoms with van der Waals surface area (Å²) in [6, 6.07) is 7.61. The highest BCUT2D eigenvalue weighted by Crippen LogP contribution is 2.17. The van der Waals surface area contributed by atoms with Gasteiger partial charge in [-0.1, -0.05) is 28.9 Å². The Kier molecular flexibility index (Phi) is 2.97. The molecule has 2 aromatic rings. The second-order valence-corrected chi connectivity index (χ2v) is 6.09. The van der Waals surface area contributed by atoms with Gasteiger partial charge in [-0.3, -0.25) is 0 Å². The molecule has 0 saturated heterocycles. The van der Waals surface area contributed by atoms with Gasteiger partial charge < -0.3 is 4.52 Å². The molecule has 0 fully saturated rings. The number of hydrogen-bond donors (Lipinski definition) is 0. The quantitative estimate of drug-likeness (QED) is 0.829. The Balaban J connectivity index is 2.30. The molecule has 2 rings (SSSR count). The second-order valence-electron chi connectivity index (χ2n) is 3.95. The Hall–Kier alpha value is -1.69. The van der Waals surface area contributed by atoms with Gasteiger partial charge in [0.15, 0.2) is 9.84 Å². The summed E-state index contributed by atoms with van der Waals surface area (Å²) in [5, 5.41) is 3.76. The average molecular weight is 252 g/mol. The number of sulfone groups is 1. The van der Waals surface area contributed by atoms with Crippen LogP contribution in [0.4, 0.5) is 0 Å². The molecule has 1 aromatic heterocycles. The topological polar surface area (TPSA) is 73.1 Å². The van der Waals surface area contributed by atoms with Crippen LogP contribution in [0.3, 0.4) is 0 Å². The second kappa shape index (κ2) is 4.29. The highest BCUT2D eigenvalue weighted by molar-refractivity contribution is 7.89. The number of aryl methyl sites for hydroxylation is 1. The number of benzene rings is 1. The molecule has 0 spiro atoms. The number of aromatic nitrogens is 2. The molecule has 0 unspecified atom stereocenters. The molecule has 0 bridgehead atoms. The first kappa shape index (κ1) is 11.8. The molecule has 0 aliphatic rings. The molecule has 0 saturated carbocycles. The zero-order valence-electron chi connectivity index (χ0n) is 9.54. The van der Waals surface area contributed by atoms with Crippen molar-refractivity contribution in [2.75, 3.05) is 6.26 Å². The van der Waals surface area contributed by atoms with Crippen molar-refractivity contribution >= 4 is 9.84 Å². The van der Waals surface area contributed by atoms with Crippen LogP contribution < -0.4 is 0 Å². The Morgan fingerprint density at radius 3 is 2.76 bits per heavy atom. The summed E-state index contributed by atoms with van der Waals surface area (Å²) in [6.45, 7) is 1.96. The van der Waals surface area contributed by atoms with Gasteiger partial charge >= 0.3 is 0 Å². The zero-order chi connectivity index (χ0) is 12.5. The average Bonchev–Trinajstić information content (AvgIpc) is 2.63. The first-order valence-electron chi connectivity index (χ1n) is 5.01. The van der Waals surface area contributed by atoms with Crippen LogP contribution in [0.2, 0.25) is 0 Å². The minimum absolute atomic E-state index is 0.115. The van der Waals surface area contributed by atoms with E-state index in [1.165, 1.54) is 0 Å². The third-order valence-electron chi connectivity index (χ3n) is 2.13. The van der Waals surface area contributed by atoms with Gasteiger partial charge in [-0.15, -0.1) is 0 Å². The molecule has 0 N–H and O–H groups in total. The van der Waals surface area contributed by atoms with Crippen LogP contribution in [0.1, 0.15) is 11.5 Å². The molecule has 1 aromatic carbocycles. The third kappa shape index (κ3) is 3.13. The summed E-state index contributed by atoms with van der Waals surface area (Å²) in [7, 11) is -3.15. The van der Waals surface area contributed by atoms with E-state index >= 15 is 0 Å². The van der Waals surface area contributed by atoms with E-state index in [1.54, 1.807) is 0 Å². The maximum Gasteiger partial charge on any atom is 0.242 e. The first-order chi connectivity index (χ1) is 7.94. The van der Waals surface area contributed by atoms with Crippen LogP contribution >= 0.6 is 0 Å². The van der Waals surface area contributed by atoms with Crippen molar-refractivity contribution < 1.29 is 12.9 Å². The van der Waals surface area contributed by atoms with Gasteiger partial charge in [0, 0.05) is 11.8 Å². The first-order valence-corrected chi connectivity index (χ1v) is 7.07. The molecule has 1 heterocycles. The lowest BCUT2D eigenvalue weighted by Crippen LogP contribution is -2.00. The van der Waals surface area contributed by atoms with Crippen LogP contribution in [0.15, 0.2) is 28.8 Å². The summed E-state index contributed by atoms with van der Waals surface area (Å²) >= 11 is 0. The fourth-order valence-corrected chi connectivity index (χ4v) is 2.01. The predicted octanol–water partition coefficient (Wildman–Crippen LogP) is 1.59. The maximum atomic E-state index is 11.1. The minimum Gasteiger partial charge on any atom is -0.338 e. The van der Waals surface area contributed by atoms with Crippen LogP contribution in [-0.2, 0) is 15.6 Å². The molecule has 5 nitrogen and oxygen atoms in total. The molecular weight excluding hydrogens is 240 g/mol. The Morgan fingerprint density at radius 1 is 1.35 bits per heavy atom. The molecule has 6 heteroatoms. The number of nitrogens with zero attached hydrogens (tertiary/aromatic N) is 2. The fraction of sp³-hybridized carbons (Fsp3) is 0.273. The highest BCUT2D eigenvalue weighted by atomic mass is 32.2. The Morgan fingerprint density at radius 2 is 2.12 bits per heavy atom. The van der Waals surface area contributed by atoms with Gasteiger partial charge in [0.2, 0.25) is 11.7 Å². The van der Waals surface area contributed by atoms with Gasteiger partial charge in [0.1, 0.15) is 5.75 Å². The molecular formula is C11H12N2O3S. The van der Waals surface area contributed by atoms with Crippen molar-refractivity contribution in [2.24, 2.45) is 0 Å². The monoisotopic (exact) mass is 252 g/mol. The van der Waals surface area contributed by atoms with Crippen molar-refractivity contribution in [1.29, 1.82) is 0 Å². The molecule has 17 heavy (non-hydrogen) atoms. The van der Waals surface area contributed by atoms with Crippen molar-refractivity contribution in [3.05, 3.63) is 35.7 Å². The summed E-state index contributed by atoms with van der Waals surface area (Å²) in [5.41, 5.74) is 1.89. The van der Waals surface area contributed by atoms with Crippen LogP contribution in [0, 0.1) is 6.92 Å². The van der Waals surface area contributed by atoms with Gasteiger partial charge in [-0.05, 0) is 13.0 Å². The van der Waals surface area contributed by atoms with Crippen LogP contribution in [0.5, 0.6) is 0 Å². The predicted molar refractivity (Wildman–Crippen MR) is 63.0 cm³/mol. The molecule has 90 valence electrons. The minimum atomic E-state index is -3.15. The standard InChI is InChI=1S/C11H12N2O3S/c1-8-4-3-5-9(6-8)11-12-10(16-13-11)7-17(2,14)15/h3-6H,7H2,1-2H3. The maximum absolute atomic E-state index is 11.1. The van der Waals surface area contributed by atoms with Gasteiger partial charge in [0.05, 0.1) is 0 Å². The molecule has 0 radical (unpaired) electrons. The van der Waals surface area contributed by atoms with Crippen molar-refractivity contribution in [2.45, 2.75) is 12.7 Å². The number of hydrogen-bond acceptors (Lipinski definition) is 5. The van der Waals surface area contributed by atoms with E-state index in [4.69, 9.17) is 4.52 Å². The van der Waals surface area contributed by atoms with E-state index in [2.05, 4.69) is 10.1 Å². The largest absolute Gasteiger partial charge is 0.338 e. The van der Waals surface area contributed by atoms with Crippen molar-refractivity contribution in [3.8, 4) is 11.4 Å². The smallest absolute Gasteiger partial charge is 0.242 e. The normalized spacial score (nSPS) is 11.6. The SMILES string of the molecule is Cc1cccc(-c2noc(CS(C)(=O)=O)n2)c1. The van der Waals surface area contributed by atoms with E-state index < -0.39 is 9.84 Å². The summed E-state index contributed by atoms with van der Waals surface area (Å²) < 4.78 is 27.0. The van der Waals surface area contributed by atoms with E-state index in [1.807, 2.05) is 31.2 Å². The van der Waals surface area contributed by atoms with Gasteiger partial charge in [0.25, 0.3) is 0 Å². The van der Waals surface area contributed by atoms with E-state index in [0.29, 0.717) is 5.82 Å². The fourth-order valence-electron chi connectivity index (χ4n) is 1.44. The van der Waals surface area contributed by atoms with E-state index in [0.717, 1.165) is 17.4 Å². The van der Waals surface area contributed by atoms with Crippen molar-refractivity contribution in [1.82, 2.24) is 10.1 Å². The van der Waals surface area contributed by atoms with Gasteiger partial charge in [-0.25, -0.2) is 8.42 Å². The summed E-state index contributed by atoms with van der Waals surface area (Å²) in [6.07, 6.45) is 1.13. The summed E-state index contributed by atoms with van der Waals surface area (Å²) in [5.74, 6) is 0.294. The molecule has 0 aliphatic heterocycles. The lowest BCUT2D eigenvalue weighted by atomic mass is 10.1. The molecule has 0 amide bonds. The lowest BCUT2D eigenvalue weighted by molar-refractivity contribution is 0.389. The lowest BCUT2D eigenvalue weighted by Gasteiger charge is -1.95. The van der Waals surface area contributed by atoms with E-state index in [9.17, 15) is 8.42 Å². The van der Waals surface area contributed by atoms with Crippen LogP contribution in [0.25, 0.3) is 11.4 Å². The Labute approximate surface area is 99.4 Å². The Bertz CT molecular complexity index is 632. The highest BCUT2D eigenvalue weighted by Gasteiger charge is 2.13. The number of rotatable bonds is 3. The van der Waals surface area contributed by atoms with Crippen LogP contribution in [-0.4, -0.2) is 24.8 Å². The molecule has 0 atom stereocenters. The van der Waals surface area contributed by atoms with Gasteiger partial charge in [-0.2, -0.15) is 4.98 Å². The third-order valence-corrected chi connectivity index (χ3v) is 2.90. The molecule has 0 aliphatic carbocycles. The van der Waals surface area contributed by atoms with E-state index in [-0.39, 0.29) is 11.6 Å².